The van der Waals surface area contributed by atoms with Gasteiger partial charge in [-0.1, -0.05) is 6.07 Å². The molecule has 5 heteroatoms. The third-order valence-corrected chi connectivity index (χ3v) is 4.79. The first kappa shape index (κ1) is 14.1. The summed E-state index contributed by atoms with van der Waals surface area (Å²) in [5, 5.41) is 13.5. The number of carbonyl (C=O) groups is 1. The van der Waals surface area contributed by atoms with Crippen LogP contribution in [0.4, 0.5) is 5.69 Å². The van der Waals surface area contributed by atoms with Gasteiger partial charge in [0.2, 0.25) is 0 Å². The maximum atomic E-state index is 12.1. The molecule has 1 aromatic carbocycles. The molecule has 1 aliphatic carbocycles. The highest BCUT2D eigenvalue weighted by Gasteiger charge is 2.23. The lowest BCUT2D eigenvalue weighted by atomic mass is 9.94. The summed E-state index contributed by atoms with van der Waals surface area (Å²) in [6, 6.07) is 5.05. The van der Waals surface area contributed by atoms with Gasteiger partial charge in [-0.2, -0.15) is 11.8 Å². The number of amides is 1. The summed E-state index contributed by atoms with van der Waals surface area (Å²) in [5.41, 5.74) is 6.09. The van der Waals surface area contributed by atoms with E-state index >= 15 is 0 Å². The van der Waals surface area contributed by atoms with E-state index in [1.165, 1.54) is 0 Å². The molecular weight excluding hydrogens is 260 g/mol. The lowest BCUT2D eigenvalue weighted by molar-refractivity contribution is 0.0925. The van der Waals surface area contributed by atoms with E-state index in [0.29, 0.717) is 5.25 Å². The first-order chi connectivity index (χ1) is 9.11. The van der Waals surface area contributed by atoms with Gasteiger partial charge in [0.1, 0.15) is 0 Å². The Morgan fingerprint density at radius 1 is 1.37 bits per heavy atom. The van der Waals surface area contributed by atoms with Gasteiger partial charge >= 0.3 is 0 Å². The molecule has 104 valence electrons. The fourth-order valence-electron chi connectivity index (χ4n) is 2.45. The van der Waals surface area contributed by atoms with E-state index in [1.54, 1.807) is 18.2 Å². The van der Waals surface area contributed by atoms with E-state index < -0.39 is 0 Å². The van der Waals surface area contributed by atoms with E-state index in [1.807, 2.05) is 11.8 Å². The Labute approximate surface area is 117 Å². The minimum absolute atomic E-state index is 0.127. The quantitative estimate of drug-likeness (QED) is 0.587. The summed E-state index contributed by atoms with van der Waals surface area (Å²) in [4.78, 5) is 12.1. The number of thioether (sulfide) groups is 1. The van der Waals surface area contributed by atoms with Gasteiger partial charge in [0.05, 0.1) is 11.3 Å². The predicted octanol–water partition coefficient (Wildman–Crippen LogP) is 2.38. The van der Waals surface area contributed by atoms with Gasteiger partial charge in [-0.15, -0.1) is 0 Å². The Morgan fingerprint density at radius 3 is 2.68 bits per heavy atom. The van der Waals surface area contributed by atoms with E-state index in [2.05, 4.69) is 11.6 Å². The summed E-state index contributed by atoms with van der Waals surface area (Å²) < 4.78 is 0. The van der Waals surface area contributed by atoms with E-state index in [-0.39, 0.29) is 28.9 Å². The summed E-state index contributed by atoms with van der Waals surface area (Å²) in [7, 11) is 0. The van der Waals surface area contributed by atoms with Crippen LogP contribution in [0.2, 0.25) is 0 Å². The van der Waals surface area contributed by atoms with Crippen LogP contribution in [0, 0.1) is 0 Å². The number of hydrogen-bond donors (Lipinski definition) is 3. The number of nitrogen functional groups attached to an aromatic ring is 1. The molecule has 0 aliphatic heterocycles. The average Bonchev–Trinajstić information content (AvgIpc) is 2.42. The SMILES string of the molecule is CSC1CCC(NC(=O)c2cccc(N)c2O)CC1. The normalized spacial score (nSPS) is 23.0. The Bertz CT molecular complexity index is 457. The van der Waals surface area contributed by atoms with E-state index in [0.717, 1.165) is 25.7 Å². The second kappa shape index (κ2) is 6.19. The second-order valence-corrected chi connectivity index (χ2v) is 6.06. The van der Waals surface area contributed by atoms with Gasteiger partial charge in [-0.25, -0.2) is 0 Å². The van der Waals surface area contributed by atoms with Gasteiger partial charge in [0.15, 0.2) is 5.75 Å². The fourth-order valence-corrected chi connectivity index (χ4v) is 3.19. The molecule has 0 saturated heterocycles. The number of phenolic OH excluding ortho intramolecular Hbond substituents is 1. The molecule has 0 bridgehead atoms. The molecule has 1 saturated carbocycles. The molecule has 4 N–H and O–H groups in total. The smallest absolute Gasteiger partial charge is 0.255 e. The molecule has 0 radical (unpaired) electrons. The molecule has 0 atom stereocenters. The van der Waals surface area contributed by atoms with Gasteiger partial charge in [-0.3, -0.25) is 4.79 Å². The Hall–Kier alpha value is -1.36. The third-order valence-electron chi connectivity index (χ3n) is 3.65. The largest absolute Gasteiger partial charge is 0.505 e. The highest BCUT2D eigenvalue weighted by molar-refractivity contribution is 7.99. The summed E-state index contributed by atoms with van der Waals surface area (Å²) in [6.45, 7) is 0. The molecule has 1 aliphatic rings. The number of phenols is 1. The molecular formula is C14H20N2O2S. The van der Waals surface area contributed by atoms with Gasteiger partial charge in [-0.05, 0) is 44.1 Å². The molecule has 0 spiro atoms. The van der Waals surface area contributed by atoms with E-state index in [9.17, 15) is 9.90 Å². The van der Waals surface area contributed by atoms with Crippen LogP contribution >= 0.6 is 11.8 Å². The van der Waals surface area contributed by atoms with Crippen LogP contribution in [0.1, 0.15) is 36.0 Å². The fraction of sp³-hybridized carbons (Fsp3) is 0.500. The molecule has 19 heavy (non-hydrogen) atoms. The zero-order chi connectivity index (χ0) is 13.8. The number of rotatable bonds is 3. The molecule has 2 rings (SSSR count). The van der Waals surface area contributed by atoms with Crippen LogP contribution in [0.5, 0.6) is 5.75 Å². The molecule has 0 heterocycles. The number of nitrogens with one attached hydrogen (secondary N) is 1. The topological polar surface area (TPSA) is 75.4 Å². The van der Waals surface area contributed by atoms with Gasteiger partial charge in [0.25, 0.3) is 5.91 Å². The molecule has 1 aromatic rings. The summed E-state index contributed by atoms with van der Waals surface area (Å²) >= 11 is 1.90. The van der Waals surface area contributed by atoms with Crippen molar-refractivity contribution in [3.63, 3.8) is 0 Å². The number of nitrogens with two attached hydrogens (primary N) is 1. The van der Waals surface area contributed by atoms with Crippen molar-refractivity contribution in [1.29, 1.82) is 0 Å². The molecule has 4 nitrogen and oxygen atoms in total. The second-order valence-electron chi connectivity index (χ2n) is 4.93. The molecule has 1 amide bonds. The van der Waals surface area contributed by atoms with Crippen molar-refractivity contribution in [3.05, 3.63) is 23.8 Å². The monoisotopic (exact) mass is 280 g/mol. The number of para-hydroxylation sites is 1. The van der Waals surface area contributed by atoms with Gasteiger partial charge in [0, 0.05) is 11.3 Å². The number of aromatic hydroxyl groups is 1. The van der Waals surface area contributed by atoms with Crippen LogP contribution in [0.15, 0.2) is 18.2 Å². The number of hydrogen-bond acceptors (Lipinski definition) is 4. The highest BCUT2D eigenvalue weighted by atomic mass is 32.2. The van der Waals surface area contributed by atoms with Crippen LogP contribution in [-0.2, 0) is 0 Å². The van der Waals surface area contributed by atoms with Crippen LogP contribution in [0.3, 0.4) is 0 Å². The molecule has 1 fully saturated rings. The van der Waals surface area contributed by atoms with E-state index in [4.69, 9.17) is 5.73 Å². The van der Waals surface area contributed by atoms with Crippen molar-refractivity contribution in [2.24, 2.45) is 0 Å². The average molecular weight is 280 g/mol. The van der Waals surface area contributed by atoms with Crippen LogP contribution in [0.25, 0.3) is 0 Å². The zero-order valence-corrected chi connectivity index (χ0v) is 11.9. The minimum atomic E-state index is -0.239. The first-order valence-electron chi connectivity index (χ1n) is 6.53. The predicted molar refractivity (Wildman–Crippen MR) is 79.5 cm³/mol. The number of carbonyl (C=O) groups excluding carboxylic acids is 1. The number of anilines is 1. The molecule has 0 aromatic heterocycles. The van der Waals surface area contributed by atoms with Crippen molar-refractivity contribution in [3.8, 4) is 5.75 Å². The van der Waals surface area contributed by atoms with Crippen LogP contribution in [-0.4, -0.2) is 28.6 Å². The van der Waals surface area contributed by atoms with Crippen molar-refractivity contribution < 1.29 is 9.90 Å². The molecule has 0 unspecified atom stereocenters. The van der Waals surface area contributed by atoms with Crippen LogP contribution < -0.4 is 11.1 Å². The lowest BCUT2D eigenvalue weighted by Crippen LogP contribution is -2.38. The minimum Gasteiger partial charge on any atom is -0.505 e. The maximum absolute atomic E-state index is 12.1. The first-order valence-corrected chi connectivity index (χ1v) is 7.81. The van der Waals surface area contributed by atoms with Crippen molar-refractivity contribution >= 4 is 23.4 Å². The highest BCUT2D eigenvalue weighted by Crippen LogP contribution is 2.28. The van der Waals surface area contributed by atoms with Crippen molar-refractivity contribution in [2.75, 3.05) is 12.0 Å². The summed E-state index contributed by atoms with van der Waals surface area (Å²) in [5.74, 6) is -0.366. The Morgan fingerprint density at radius 2 is 2.05 bits per heavy atom. The van der Waals surface area contributed by atoms with Gasteiger partial charge < -0.3 is 16.2 Å². The Balaban J connectivity index is 1.96. The summed E-state index contributed by atoms with van der Waals surface area (Å²) in [6.07, 6.45) is 6.40. The number of benzene rings is 1. The zero-order valence-electron chi connectivity index (χ0n) is 11.1. The standard InChI is InChI=1S/C14H20N2O2S/c1-19-10-7-5-9(6-8-10)16-14(18)11-3-2-4-12(15)13(11)17/h2-4,9-10,17H,5-8,15H2,1H3,(H,16,18). The lowest BCUT2D eigenvalue weighted by Gasteiger charge is -2.28. The third kappa shape index (κ3) is 3.35. The Kier molecular flexibility index (Phi) is 4.58. The maximum Gasteiger partial charge on any atom is 0.255 e. The van der Waals surface area contributed by atoms with Crippen molar-refractivity contribution in [2.45, 2.75) is 37.0 Å². The van der Waals surface area contributed by atoms with Crippen molar-refractivity contribution in [1.82, 2.24) is 5.32 Å².